The standard InChI is InChI=1S/C16H19N3O3/c1-10(2)14-17-15(22-18-14)12-8-19(9-12)16(20)11-5-4-6-13(7-11)21-3/h4-7,10,12H,8-9H2,1-3H3. The van der Waals surface area contributed by atoms with Crippen molar-refractivity contribution in [3.63, 3.8) is 0 Å². The van der Waals surface area contributed by atoms with E-state index >= 15 is 0 Å². The summed E-state index contributed by atoms with van der Waals surface area (Å²) in [6.45, 7) is 5.26. The van der Waals surface area contributed by atoms with Crippen LogP contribution in [0.15, 0.2) is 28.8 Å². The molecule has 0 atom stereocenters. The summed E-state index contributed by atoms with van der Waals surface area (Å²) in [6, 6.07) is 7.18. The molecule has 0 radical (unpaired) electrons. The molecule has 1 amide bonds. The molecule has 1 aliphatic heterocycles. The Labute approximate surface area is 129 Å². The van der Waals surface area contributed by atoms with Crippen molar-refractivity contribution in [2.45, 2.75) is 25.7 Å². The van der Waals surface area contributed by atoms with Gasteiger partial charge in [0.05, 0.1) is 13.0 Å². The summed E-state index contributed by atoms with van der Waals surface area (Å²) in [7, 11) is 1.59. The van der Waals surface area contributed by atoms with E-state index in [-0.39, 0.29) is 17.7 Å². The maximum Gasteiger partial charge on any atom is 0.254 e. The van der Waals surface area contributed by atoms with E-state index in [1.54, 1.807) is 24.1 Å². The van der Waals surface area contributed by atoms with E-state index in [9.17, 15) is 4.79 Å². The lowest BCUT2D eigenvalue weighted by Gasteiger charge is -2.37. The first-order chi connectivity index (χ1) is 10.6. The molecule has 22 heavy (non-hydrogen) atoms. The molecule has 1 saturated heterocycles. The number of likely N-dealkylation sites (tertiary alicyclic amines) is 1. The van der Waals surface area contributed by atoms with Gasteiger partial charge in [0.15, 0.2) is 5.82 Å². The Kier molecular flexibility index (Phi) is 3.83. The number of amides is 1. The number of methoxy groups -OCH3 is 1. The first kappa shape index (κ1) is 14.6. The SMILES string of the molecule is COc1cccc(C(=O)N2CC(c3nc(C(C)C)no3)C2)c1. The Bertz CT molecular complexity index is 675. The highest BCUT2D eigenvalue weighted by molar-refractivity contribution is 5.95. The van der Waals surface area contributed by atoms with Gasteiger partial charge in [-0.05, 0) is 18.2 Å². The highest BCUT2D eigenvalue weighted by Gasteiger charge is 2.36. The van der Waals surface area contributed by atoms with Crippen LogP contribution in [-0.2, 0) is 0 Å². The van der Waals surface area contributed by atoms with Crippen molar-refractivity contribution in [2.24, 2.45) is 0 Å². The lowest BCUT2D eigenvalue weighted by Crippen LogP contribution is -2.48. The third kappa shape index (κ3) is 2.68. The van der Waals surface area contributed by atoms with Crippen molar-refractivity contribution >= 4 is 5.91 Å². The maximum atomic E-state index is 12.4. The zero-order valence-corrected chi connectivity index (χ0v) is 12.9. The number of benzene rings is 1. The second-order valence-electron chi connectivity index (χ2n) is 5.78. The number of aromatic nitrogens is 2. The molecule has 1 aromatic heterocycles. The zero-order chi connectivity index (χ0) is 15.7. The second-order valence-corrected chi connectivity index (χ2v) is 5.78. The van der Waals surface area contributed by atoms with Gasteiger partial charge >= 0.3 is 0 Å². The number of carbonyl (C=O) groups is 1. The molecule has 3 rings (SSSR count). The molecule has 0 unspecified atom stereocenters. The van der Waals surface area contributed by atoms with Crippen LogP contribution in [0.2, 0.25) is 0 Å². The van der Waals surface area contributed by atoms with Gasteiger partial charge in [-0.25, -0.2) is 0 Å². The van der Waals surface area contributed by atoms with Crippen LogP contribution in [0, 0.1) is 0 Å². The van der Waals surface area contributed by atoms with Crippen molar-refractivity contribution in [1.82, 2.24) is 15.0 Å². The summed E-state index contributed by atoms with van der Waals surface area (Å²) in [5.41, 5.74) is 0.631. The van der Waals surface area contributed by atoms with E-state index in [0.29, 0.717) is 36.1 Å². The minimum absolute atomic E-state index is 0.00116. The number of hydrogen-bond acceptors (Lipinski definition) is 5. The number of hydrogen-bond donors (Lipinski definition) is 0. The second kappa shape index (κ2) is 5.79. The number of carbonyl (C=O) groups excluding carboxylic acids is 1. The van der Waals surface area contributed by atoms with Crippen LogP contribution in [0.5, 0.6) is 5.75 Å². The van der Waals surface area contributed by atoms with Crippen molar-refractivity contribution in [1.29, 1.82) is 0 Å². The molecule has 1 aromatic carbocycles. The molecular formula is C16H19N3O3. The van der Waals surface area contributed by atoms with Crippen molar-refractivity contribution < 1.29 is 14.1 Å². The molecule has 1 aliphatic rings. The molecule has 0 saturated carbocycles. The van der Waals surface area contributed by atoms with Gasteiger partial charge in [-0.15, -0.1) is 0 Å². The van der Waals surface area contributed by atoms with E-state index in [4.69, 9.17) is 9.26 Å². The molecule has 2 aromatic rings. The average Bonchev–Trinajstić information content (AvgIpc) is 2.95. The van der Waals surface area contributed by atoms with Gasteiger partial charge in [-0.1, -0.05) is 25.1 Å². The molecule has 6 heteroatoms. The van der Waals surface area contributed by atoms with E-state index in [1.165, 1.54) is 0 Å². The van der Waals surface area contributed by atoms with Gasteiger partial charge in [0.1, 0.15) is 5.75 Å². The Morgan fingerprint density at radius 1 is 1.41 bits per heavy atom. The summed E-state index contributed by atoms with van der Waals surface area (Å²) in [6.07, 6.45) is 0. The lowest BCUT2D eigenvalue weighted by atomic mass is 9.98. The van der Waals surface area contributed by atoms with Gasteiger partial charge in [0, 0.05) is 24.6 Å². The highest BCUT2D eigenvalue weighted by Crippen LogP contribution is 2.28. The fourth-order valence-corrected chi connectivity index (χ4v) is 2.39. The molecule has 2 heterocycles. The molecule has 116 valence electrons. The molecular weight excluding hydrogens is 282 g/mol. The van der Waals surface area contributed by atoms with Gasteiger partial charge < -0.3 is 14.2 Å². The molecule has 0 N–H and O–H groups in total. The maximum absolute atomic E-state index is 12.4. The molecule has 1 fully saturated rings. The predicted molar refractivity (Wildman–Crippen MR) is 80.0 cm³/mol. The van der Waals surface area contributed by atoms with Crippen molar-refractivity contribution in [2.75, 3.05) is 20.2 Å². The smallest absolute Gasteiger partial charge is 0.254 e. The van der Waals surface area contributed by atoms with Gasteiger partial charge in [0.2, 0.25) is 5.89 Å². The number of ether oxygens (including phenoxy) is 1. The summed E-state index contributed by atoms with van der Waals surface area (Å²) >= 11 is 0. The van der Waals surface area contributed by atoms with E-state index in [1.807, 2.05) is 26.0 Å². The number of rotatable bonds is 4. The fourth-order valence-electron chi connectivity index (χ4n) is 2.39. The van der Waals surface area contributed by atoms with Crippen LogP contribution < -0.4 is 4.74 Å². The third-order valence-electron chi connectivity index (χ3n) is 3.81. The summed E-state index contributed by atoms with van der Waals surface area (Å²) < 4.78 is 10.4. The molecule has 0 bridgehead atoms. The minimum atomic E-state index is -0.00116. The topological polar surface area (TPSA) is 68.5 Å². The van der Waals surface area contributed by atoms with Crippen LogP contribution in [0.4, 0.5) is 0 Å². The predicted octanol–water partition coefficient (Wildman–Crippen LogP) is 2.44. The van der Waals surface area contributed by atoms with E-state index in [0.717, 1.165) is 0 Å². The molecule has 6 nitrogen and oxygen atoms in total. The zero-order valence-electron chi connectivity index (χ0n) is 12.9. The van der Waals surface area contributed by atoms with Crippen molar-refractivity contribution in [3.8, 4) is 5.75 Å². The van der Waals surface area contributed by atoms with Crippen LogP contribution in [-0.4, -0.2) is 41.1 Å². The Hall–Kier alpha value is -2.37. The largest absolute Gasteiger partial charge is 0.497 e. The first-order valence-electron chi connectivity index (χ1n) is 7.35. The quantitative estimate of drug-likeness (QED) is 0.867. The molecule has 0 aliphatic carbocycles. The first-order valence-corrected chi connectivity index (χ1v) is 7.35. The van der Waals surface area contributed by atoms with Crippen LogP contribution in [0.3, 0.4) is 0 Å². The molecule has 0 spiro atoms. The van der Waals surface area contributed by atoms with Gasteiger partial charge in [0.25, 0.3) is 5.91 Å². The Balaban J connectivity index is 1.63. The fraction of sp³-hybridized carbons (Fsp3) is 0.438. The Morgan fingerprint density at radius 3 is 2.82 bits per heavy atom. The normalized spacial score (nSPS) is 15.0. The number of nitrogens with zero attached hydrogens (tertiary/aromatic N) is 3. The monoisotopic (exact) mass is 301 g/mol. The highest BCUT2D eigenvalue weighted by atomic mass is 16.5. The van der Waals surface area contributed by atoms with Crippen LogP contribution in [0.1, 0.15) is 47.8 Å². The summed E-state index contributed by atoms with van der Waals surface area (Å²) in [5.74, 6) is 2.40. The van der Waals surface area contributed by atoms with Gasteiger partial charge in [-0.3, -0.25) is 4.79 Å². The Morgan fingerprint density at radius 2 is 2.18 bits per heavy atom. The lowest BCUT2D eigenvalue weighted by molar-refractivity contribution is 0.0569. The average molecular weight is 301 g/mol. The van der Waals surface area contributed by atoms with Gasteiger partial charge in [-0.2, -0.15) is 4.98 Å². The van der Waals surface area contributed by atoms with Crippen LogP contribution >= 0.6 is 0 Å². The summed E-state index contributed by atoms with van der Waals surface area (Å²) in [4.78, 5) is 18.6. The van der Waals surface area contributed by atoms with E-state index < -0.39 is 0 Å². The third-order valence-corrected chi connectivity index (χ3v) is 3.81. The summed E-state index contributed by atoms with van der Waals surface area (Å²) in [5, 5.41) is 3.96. The van der Waals surface area contributed by atoms with Crippen molar-refractivity contribution in [3.05, 3.63) is 41.5 Å². The van der Waals surface area contributed by atoms with E-state index in [2.05, 4.69) is 10.1 Å². The minimum Gasteiger partial charge on any atom is -0.497 e. The van der Waals surface area contributed by atoms with Crippen LogP contribution in [0.25, 0.3) is 0 Å².